The van der Waals surface area contributed by atoms with E-state index < -0.39 is 17.7 Å². The average Bonchev–Trinajstić information content (AvgIpc) is 1.73. The van der Waals surface area contributed by atoms with Crippen LogP contribution in [0, 0.1) is 64.8 Å². The van der Waals surface area contributed by atoms with Crippen molar-refractivity contribution in [2.75, 3.05) is 12.9 Å². The predicted octanol–water partition coefficient (Wildman–Crippen LogP) is 39.1. The highest BCUT2D eigenvalue weighted by molar-refractivity contribution is 9.10. The summed E-state index contributed by atoms with van der Waals surface area (Å²) in [6.45, 7) is 49.7. The number of carbonyl (C=O) groups is 2. The molecule has 0 saturated heterocycles. The molecule has 2 aromatic heterocycles. The standard InChI is InChI=1S/C11H13N.C11H14O2.C11H14.2C11H16.C10H11F3.C10H13F.C10H12N2.C10H11N.C10H12O2.C9H12O.C8H9BrS.C6H12.C5H10/c1-2-8-12-9-7-10-5-3-4-6-11(10)12;1-3-6-9-7-4-5-8-10(9)11(12)13-2;1-9-7-11(8-9)10-5-3-2-4-6-10;1-4-6-11-8-5-7-9(2)10(11)3;1-4-6-11-9(2)7-5-8-10(11)3;1-2-3-8-4-6-9(7-5-8)10(11,12)13;1-3-4-9-5-6-10(11)7-8(9)2;1-2-7-12-8-11-9-5-3-4-6-10(9)12;1-3-4-9-5-7-10(11-2)8-6-9;1-2-5-8-6-3-4-7-9(8)10(11)12;1-8(10)7-9-5-3-2-4-6-9;1-2-10-8-6-4-3-5-7(8)9;1-2-3-6-4-5-6;1-2-5-3-4-5/h3-7,9H,2,8H2,1H3;4-5,7-8H,3,6H2,1-2H3;2-6,9,11H,7-8H2,1H3;2*5,7-8H,4,6H2,1-3H3;4-7H,2-3H2,1H3;5-7H,3-4H2,1-2H3;3-6,8H,2,7H2,1H3;5-8H,3-4H2,1H3;3-4,6-7H,2,5H2,1H3,(H,11,12);2-6,8,10H,7H2,1H3;3-6H,2H2,1H3;6H,2-5H2,1H3;5H,2-4H2,1H3. The van der Waals surface area contributed by atoms with E-state index in [1.165, 1.54) is 197 Å². The fourth-order valence-electron chi connectivity index (χ4n) is 16.7. The second-order valence-corrected chi connectivity index (χ2v) is 40.5. The van der Waals surface area contributed by atoms with Crippen molar-refractivity contribution in [3.8, 4) is 0 Å². The fourth-order valence-corrected chi connectivity index (χ4v) is 18.0. The van der Waals surface area contributed by atoms with Gasteiger partial charge in [-0.3, -0.25) is 0 Å². The summed E-state index contributed by atoms with van der Waals surface area (Å²) in [6.07, 6.45) is 30.8. The number of para-hydroxylation sites is 3. The molecular formula is C133H175BrF4N4O5S. The number of carboxylic acid groups (broad SMARTS) is 1. The first-order chi connectivity index (χ1) is 71.4. The zero-order chi connectivity index (χ0) is 109. The second-order valence-electron chi connectivity index (χ2n) is 38.3. The average molecular weight is 2100 g/mol. The molecule has 3 saturated carbocycles. The molecule has 9 nitrogen and oxygen atoms in total. The van der Waals surface area contributed by atoms with E-state index in [9.17, 15) is 27.2 Å². The normalized spacial score (nSPS) is 12.7. The Morgan fingerprint density at radius 3 is 1.46 bits per heavy atom. The molecule has 0 bridgehead atoms. The zero-order valence-corrected chi connectivity index (χ0v) is 95.4. The predicted molar refractivity (Wildman–Crippen MR) is 629 cm³/mol. The van der Waals surface area contributed by atoms with E-state index in [2.05, 4.69) is 277 Å². The monoisotopic (exact) mass is 2100 g/mol. The van der Waals surface area contributed by atoms with Crippen LogP contribution in [-0.4, -0.2) is 55.2 Å². The molecule has 12 aromatic carbocycles. The van der Waals surface area contributed by atoms with Crippen LogP contribution in [0.15, 0.2) is 313 Å². The number of halogens is 5. The molecule has 2 N–H and O–H groups in total. The highest BCUT2D eigenvalue weighted by atomic mass is 79.9. The van der Waals surface area contributed by atoms with Gasteiger partial charge in [-0.1, -0.05) is 404 Å². The third-order valence-electron chi connectivity index (χ3n) is 25.3. The maximum atomic E-state index is 12.6. The van der Waals surface area contributed by atoms with Crippen LogP contribution in [0.1, 0.15) is 323 Å². The first-order valence-electron chi connectivity index (χ1n) is 54.4. The Bertz CT molecular complexity index is 5840. The van der Waals surface area contributed by atoms with Gasteiger partial charge in [0.15, 0.2) is 5.69 Å². The Morgan fingerprint density at radius 1 is 0.486 bits per heavy atom. The van der Waals surface area contributed by atoms with Crippen molar-refractivity contribution in [3.05, 3.63) is 420 Å². The quantitative estimate of drug-likeness (QED) is 0.0217. The summed E-state index contributed by atoms with van der Waals surface area (Å²) >= 11 is 5.33. The summed E-state index contributed by atoms with van der Waals surface area (Å²) in [5, 5.41) is 19.1. The molecule has 14 aromatic rings. The maximum absolute atomic E-state index is 12.6. The van der Waals surface area contributed by atoms with Crippen LogP contribution < -0.4 is 0 Å². The third kappa shape index (κ3) is 52.7. The van der Waals surface area contributed by atoms with Gasteiger partial charge >= 0.3 is 18.1 Å². The lowest BCUT2D eigenvalue weighted by Crippen LogP contribution is -2.18. The molecule has 15 heteroatoms. The Hall–Kier alpha value is -11.4. The topological polar surface area (TPSA) is 111 Å². The number of aromatic nitrogens is 3. The Labute approximate surface area is 902 Å². The number of nitrogens with zero attached hydrogens (tertiary/aromatic N) is 4. The molecule has 3 aliphatic carbocycles. The van der Waals surface area contributed by atoms with Crippen LogP contribution in [0.25, 0.3) is 26.8 Å². The zero-order valence-electron chi connectivity index (χ0n) is 93.0. The number of thioether (sulfide) groups is 1. The first kappa shape index (κ1) is 129. The van der Waals surface area contributed by atoms with E-state index in [0.717, 1.165) is 165 Å². The van der Waals surface area contributed by atoms with Gasteiger partial charge in [0.2, 0.25) is 0 Å². The molecule has 1 atom stereocenters. The number of hydrogen-bond donors (Lipinski definition) is 2. The molecule has 148 heavy (non-hydrogen) atoms. The number of aryl methyl sites for hydroxylation is 12. The number of alkyl halides is 3. The minimum Gasteiger partial charge on any atom is -0.478 e. The molecule has 0 spiro atoms. The van der Waals surface area contributed by atoms with Crippen molar-refractivity contribution < 1.29 is 42.1 Å². The van der Waals surface area contributed by atoms with Gasteiger partial charge in [0, 0.05) is 34.2 Å². The van der Waals surface area contributed by atoms with Crippen LogP contribution in [0.4, 0.5) is 23.2 Å². The van der Waals surface area contributed by atoms with Gasteiger partial charge in [-0.25, -0.2) is 23.8 Å². The minimum atomic E-state index is -4.22. The molecular weight excluding hydrogens is 1920 g/mol. The SMILES string of the molecule is CC(O)Cc1ccccc1.CC1CC(c2ccccc2)C1.CCC1CC1.CCCC1CC1.CCCc1c(C)cccc1C.CCCc1ccc(C(F)(F)F)cc1.CCCc1ccc(F)cc1C.CCCc1cccc(C)c1C.CCCc1ccccc1C(=O)O.CCCc1ccccc1C(=O)OC.CCCn1ccc2ccccc21.CCCn1cnc2ccccc21.CCSc1ccccc1Br.[C-]#[N+]c1ccc(CCC)cc1. The van der Waals surface area contributed by atoms with Crippen molar-refractivity contribution in [1.29, 1.82) is 0 Å². The van der Waals surface area contributed by atoms with Gasteiger partial charge in [0.1, 0.15) is 5.82 Å². The summed E-state index contributed by atoms with van der Waals surface area (Å²) in [5.74, 6) is 4.02. The third-order valence-corrected chi connectivity index (χ3v) is 27.2. The number of aliphatic hydroxyl groups excluding tert-OH is 1. The summed E-state index contributed by atoms with van der Waals surface area (Å²) in [7, 11) is 1.41. The number of rotatable bonds is 28. The summed E-state index contributed by atoms with van der Waals surface area (Å²) in [6, 6.07) is 93.9. The summed E-state index contributed by atoms with van der Waals surface area (Å²) in [5.41, 5.74) is 23.0. The molecule has 0 amide bonds. The number of hydrogen-bond acceptors (Lipinski definition) is 6. The Morgan fingerprint density at radius 2 is 0.966 bits per heavy atom. The Kier molecular flexibility index (Phi) is 66.3. The van der Waals surface area contributed by atoms with Crippen molar-refractivity contribution in [1.82, 2.24) is 14.1 Å². The van der Waals surface area contributed by atoms with Crippen LogP contribution >= 0.6 is 27.7 Å². The van der Waals surface area contributed by atoms with Crippen LogP contribution in [0.3, 0.4) is 0 Å². The van der Waals surface area contributed by atoms with E-state index >= 15 is 0 Å². The molecule has 2 heterocycles. The van der Waals surface area contributed by atoms with E-state index in [0.29, 0.717) is 11.1 Å². The van der Waals surface area contributed by atoms with Gasteiger partial charge in [0.25, 0.3) is 0 Å². The van der Waals surface area contributed by atoms with Gasteiger partial charge in [0.05, 0.1) is 53.8 Å². The van der Waals surface area contributed by atoms with Crippen molar-refractivity contribution in [2.45, 2.75) is 335 Å². The number of carbonyl (C=O) groups excluding carboxylic acids is 1. The van der Waals surface area contributed by atoms with Crippen molar-refractivity contribution in [2.24, 2.45) is 17.8 Å². The smallest absolute Gasteiger partial charge is 0.416 e. The molecule has 798 valence electrons. The number of methoxy groups -OCH3 is 1. The van der Waals surface area contributed by atoms with Gasteiger partial charge in [-0.2, -0.15) is 13.2 Å². The molecule has 3 aliphatic rings. The number of esters is 1. The maximum Gasteiger partial charge on any atom is 0.416 e. The lowest BCUT2D eigenvalue weighted by molar-refractivity contribution is -0.137. The number of carboxylic acids is 1. The highest BCUT2D eigenvalue weighted by Gasteiger charge is 2.30. The molecule has 1 unspecified atom stereocenters. The summed E-state index contributed by atoms with van der Waals surface area (Å²) in [4.78, 5) is 30.9. The molecule has 17 rings (SSSR count). The minimum absolute atomic E-state index is 0.137. The number of imidazole rings is 1. The van der Waals surface area contributed by atoms with Gasteiger partial charge < -0.3 is 24.1 Å². The molecule has 3 fully saturated rings. The fraction of sp³-hybridized carbons (Fsp3) is 0.414. The largest absolute Gasteiger partial charge is 0.478 e. The number of benzene rings is 12. The lowest BCUT2D eigenvalue weighted by atomic mass is 9.72. The number of ether oxygens (including phenoxy) is 1. The van der Waals surface area contributed by atoms with Crippen molar-refractivity contribution >= 4 is 67.3 Å². The number of aliphatic hydroxyl groups is 1. The van der Waals surface area contributed by atoms with E-state index in [1.54, 1.807) is 31.2 Å². The van der Waals surface area contributed by atoms with Crippen LogP contribution in [0.5, 0.6) is 0 Å². The summed E-state index contributed by atoms with van der Waals surface area (Å²) < 4.78 is 59.3. The van der Waals surface area contributed by atoms with Gasteiger partial charge in [-0.05, 0) is 314 Å². The van der Waals surface area contributed by atoms with E-state index in [-0.39, 0.29) is 17.9 Å². The first-order valence-corrected chi connectivity index (χ1v) is 56.2. The van der Waals surface area contributed by atoms with Gasteiger partial charge in [-0.15, -0.1) is 11.8 Å². The number of aromatic carboxylic acids is 1. The number of fused-ring (bicyclic) bond motifs is 2. The highest BCUT2D eigenvalue weighted by Crippen LogP contribution is 2.41. The molecule has 0 aliphatic heterocycles. The van der Waals surface area contributed by atoms with Crippen LogP contribution in [-0.2, 0) is 75.4 Å². The second kappa shape index (κ2) is 76.2. The molecule has 0 radical (unpaired) electrons. The lowest BCUT2D eigenvalue weighted by Gasteiger charge is -2.32. The van der Waals surface area contributed by atoms with E-state index in [1.807, 2.05) is 148 Å². The Balaban J connectivity index is 0.000000333. The van der Waals surface area contributed by atoms with Crippen LogP contribution in [0.2, 0.25) is 0 Å². The van der Waals surface area contributed by atoms with E-state index in [4.69, 9.17) is 16.8 Å². The van der Waals surface area contributed by atoms with Crippen molar-refractivity contribution in [3.63, 3.8) is 0 Å².